The molecular formula is C7H10N2O4. The van der Waals surface area contributed by atoms with Gasteiger partial charge in [-0.05, 0) is 0 Å². The summed E-state index contributed by atoms with van der Waals surface area (Å²) >= 11 is 0. The van der Waals surface area contributed by atoms with Crippen LogP contribution in [0.25, 0.3) is 0 Å². The highest BCUT2D eigenvalue weighted by Crippen LogP contribution is 1.90. The number of carbonyl (C=O) groups is 2. The Bertz CT molecular complexity index is 217. The highest BCUT2D eigenvalue weighted by Gasteiger charge is 2.12. The fraction of sp³-hybridized carbons (Fsp3) is 0.571. The van der Waals surface area contributed by atoms with Gasteiger partial charge in [0.1, 0.15) is 0 Å². The Balaban J connectivity index is 3.96. The lowest BCUT2D eigenvalue weighted by Gasteiger charge is -2.15. The fourth-order valence-corrected chi connectivity index (χ4v) is 0.805. The molecule has 0 aromatic heterocycles. The molecule has 2 N–H and O–H groups in total. The van der Waals surface area contributed by atoms with Crippen LogP contribution >= 0.6 is 0 Å². The number of hydrogen-bond acceptors (Lipinski definition) is 4. The van der Waals surface area contributed by atoms with Crippen molar-refractivity contribution in [3.8, 4) is 6.07 Å². The monoisotopic (exact) mass is 186 g/mol. The Morgan fingerprint density at radius 1 is 1.23 bits per heavy atom. The van der Waals surface area contributed by atoms with Crippen LogP contribution in [0, 0.1) is 11.3 Å². The maximum atomic E-state index is 10.2. The van der Waals surface area contributed by atoms with Crippen molar-refractivity contribution in [2.45, 2.75) is 6.42 Å². The second-order valence-electron chi connectivity index (χ2n) is 2.41. The molecule has 0 amide bonds. The van der Waals surface area contributed by atoms with Crippen LogP contribution < -0.4 is 0 Å². The van der Waals surface area contributed by atoms with Crippen molar-refractivity contribution >= 4 is 11.9 Å². The number of nitrogens with zero attached hydrogens (tertiary/aromatic N) is 2. The van der Waals surface area contributed by atoms with Crippen LogP contribution in [0.3, 0.4) is 0 Å². The van der Waals surface area contributed by atoms with Gasteiger partial charge in [0.25, 0.3) is 0 Å². The Morgan fingerprint density at radius 3 is 2.00 bits per heavy atom. The fourth-order valence-electron chi connectivity index (χ4n) is 0.805. The SMILES string of the molecule is N#CCCN(CC(=O)O)CC(=O)O. The van der Waals surface area contributed by atoms with Gasteiger partial charge in [-0.15, -0.1) is 0 Å². The van der Waals surface area contributed by atoms with E-state index in [0.29, 0.717) is 0 Å². The summed E-state index contributed by atoms with van der Waals surface area (Å²) in [6.45, 7) is -0.545. The summed E-state index contributed by atoms with van der Waals surface area (Å²) in [7, 11) is 0. The van der Waals surface area contributed by atoms with Gasteiger partial charge in [0.15, 0.2) is 0 Å². The first-order valence-electron chi connectivity index (χ1n) is 3.59. The van der Waals surface area contributed by atoms with Crippen molar-refractivity contribution in [2.24, 2.45) is 0 Å². The Morgan fingerprint density at radius 2 is 1.69 bits per heavy atom. The van der Waals surface area contributed by atoms with Gasteiger partial charge in [0, 0.05) is 13.0 Å². The van der Waals surface area contributed by atoms with Crippen LogP contribution in [-0.2, 0) is 9.59 Å². The summed E-state index contributed by atoms with van der Waals surface area (Å²) in [5.74, 6) is -2.20. The zero-order valence-corrected chi connectivity index (χ0v) is 6.93. The lowest BCUT2D eigenvalue weighted by atomic mass is 10.4. The van der Waals surface area contributed by atoms with E-state index in [9.17, 15) is 9.59 Å². The van der Waals surface area contributed by atoms with Gasteiger partial charge in [0.05, 0.1) is 19.2 Å². The van der Waals surface area contributed by atoms with E-state index in [4.69, 9.17) is 15.5 Å². The molecule has 0 saturated heterocycles. The molecule has 0 bridgehead atoms. The zero-order chi connectivity index (χ0) is 10.3. The molecule has 13 heavy (non-hydrogen) atoms. The third-order valence-electron chi connectivity index (χ3n) is 1.26. The first kappa shape index (κ1) is 11.4. The molecule has 72 valence electrons. The molecule has 0 aromatic carbocycles. The maximum Gasteiger partial charge on any atom is 0.317 e. The average Bonchev–Trinajstić information content (AvgIpc) is 1.98. The lowest BCUT2D eigenvalue weighted by molar-refractivity contribution is -0.141. The molecule has 6 heteroatoms. The third-order valence-corrected chi connectivity index (χ3v) is 1.26. The summed E-state index contributed by atoms with van der Waals surface area (Å²) in [5, 5.41) is 25.0. The molecule has 0 rings (SSSR count). The van der Waals surface area contributed by atoms with E-state index in [-0.39, 0.29) is 26.1 Å². The molecule has 0 aliphatic carbocycles. The number of carboxylic acids is 2. The van der Waals surface area contributed by atoms with Gasteiger partial charge < -0.3 is 10.2 Å². The van der Waals surface area contributed by atoms with E-state index in [1.807, 2.05) is 6.07 Å². The predicted octanol–water partition coefficient (Wildman–Crippen LogP) is -0.629. The number of nitriles is 1. The smallest absolute Gasteiger partial charge is 0.317 e. The predicted molar refractivity (Wildman–Crippen MR) is 41.9 cm³/mol. The molecular weight excluding hydrogens is 176 g/mol. The Hall–Kier alpha value is -1.61. The van der Waals surface area contributed by atoms with Crippen molar-refractivity contribution in [2.75, 3.05) is 19.6 Å². The number of rotatable bonds is 6. The third kappa shape index (κ3) is 6.77. The van der Waals surface area contributed by atoms with Crippen LogP contribution in [0.1, 0.15) is 6.42 Å². The molecule has 0 aromatic rings. The molecule has 0 spiro atoms. The Kier molecular flexibility index (Phi) is 5.23. The second-order valence-corrected chi connectivity index (χ2v) is 2.41. The van der Waals surface area contributed by atoms with Crippen LogP contribution in [-0.4, -0.2) is 46.7 Å². The van der Waals surface area contributed by atoms with Crippen molar-refractivity contribution < 1.29 is 19.8 Å². The number of carboxylic acid groups (broad SMARTS) is 2. The molecule has 0 radical (unpaired) electrons. The summed E-state index contributed by atoms with van der Waals surface area (Å²) < 4.78 is 0. The minimum Gasteiger partial charge on any atom is -0.480 e. The van der Waals surface area contributed by atoms with E-state index in [0.717, 1.165) is 0 Å². The van der Waals surface area contributed by atoms with E-state index in [1.54, 1.807) is 0 Å². The Labute approximate surface area is 75.0 Å². The van der Waals surface area contributed by atoms with Crippen LogP contribution in [0.4, 0.5) is 0 Å². The van der Waals surface area contributed by atoms with E-state index < -0.39 is 11.9 Å². The maximum absolute atomic E-state index is 10.2. The molecule has 0 heterocycles. The minimum atomic E-state index is -1.10. The molecule has 0 aliphatic rings. The van der Waals surface area contributed by atoms with Crippen LogP contribution in [0.2, 0.25) is 0 Å². The normalized spacial score (nSPS) is 9.54. The molecule has 0 fully saturated rings. The van der Waals surface area contributed by atoms with E-state index in [1.165, 1.54) is 4.90 Å². The van der Waals surface area contributed by atoms with Gasteiger partial charge in [-0.25, -0.2) is 0 Å². The topological polar surface area (TPSA) is 102 Å². The highest BCUT2D eigenvalue weighted by atomic mass is 16.4. The largest absolute Gasteiger partial charge is 0.480 e. The number of aliphatic carboxylic acids is 2. The van der Waals surface area contributed by atoms with Crippen molar-refractivity contribution in [3.63, 3.8) is 0 Å². The summed E-state index contributed by atoms with van der Waals surface area (Å²) in [4.78, 5) is 21.7. The summed E-state index contributed by atoms with van der Waals surface area (Å²) in [6.07, 6.45) is 0.126. The van der Waals surface area contributed by atoms with Gasteiger partial charge in [-0.1, -0.05) is 0 Å². The average molecular weight is 186 g/mol. The van der Waals surface area contributed by atoms with Crippen LogP contribution in [0.5, 0.6) is 0 Å². The van der Waals surface area contributed by atoms with Crippen molar-refractivity contribution in [3.05, 3.63) is 0 Å². The molecule has 0 aliphatic heterocycles. The van der Waals surface area contributed by atoms with E-state index >= 15 is 0 Å². The van der Waals surface area contributed by atoms with Crippen molar-refractivity contribution in [1.82, 2.24) is 4.90 Å². The first-order chi connectivity index (χ1) is 6.06. The van der Waals surface area contributed by atoms with Gasteiger partial charge in [0.2, 0.25) is 0 Å². The van der Waals surface area contributed by atoms with E-state index in [2.05, 4.69) is 0 Å². The van der Waals surface area contributed by atoms with Gasteiger partial charge in [-0.3, -0.25) is 14.5 Å². The second kappa shape index (κ2) is 5.97. The number of hydrogen-bond donors (Lipinski definition) is 2. The highest BCUT2D eigenvalue weighted by molar-refractivity contribution is 5.72. The van der Waals surface area contributed by atoms with Crippen molar-refractivity contribution in [1.29, 1.82) is 5.26 Å². The molecule has 0 atom stereocenters. The molecule has 0 unspecified atom stereocenters. The standard InChI is InChI=1S/C7H10N2O4/c8-2-1-3-9(4-6(10)11)5-7(12)13/h1,3-5H2,(H,10,11)(H,12,13). The van der Waals surface area contributed by atoms with Gasteiger partial charge >= 0.3 is 11.9 Å². The zero-order valence-electron chi connectivity index (χ0n) is 6.93. The van der Waals surface area contributed by atoms with Crippen LogP contribution in [0.15, 0.2) is 0 Å². The molecule has 0 saturated carbocycles. The minimum absolute atomic E-state index is 0.126. The quantitative estimate of drug-likeness (QED) is 0.572. The summed E-state index contributed by atoms with van der Waals surface area (Å²) in [5.41, 5.74) is 0. The summed E-state index contributed by atoms with van der Waals surface area (Å²) in [6, 6.07) is 1.82. The molecule has 6 nitrogen and oxygen atoms in total. The van der Waals surface area contributed by atoms with Gasteiger partial charge in [-0.2, -0.15) is 5.26 Å². The lowest BCUT2D eigenvalue weighted by Crippen LogP contribution is -2.35. The first-order valence-corrected chi connectivity index (χ1v) is 3.59.